The average molecular weight is 458 g/mol. The van der Waals surface area contributed by atoms with Crippen molar-refractivity contribution in [3.63, 3.8) is 0 Å². The van der Waals surface area contributed by atoms with E-state index in [0.717, 1.165) is 71.2 Å². The van der Waals surface area contributed by atoms with E-state index in [9.17, 15) is 9.59 Å². The number of carbonyl (C=O) groups is 2. The van der Waals surface area contributed by atoms with E-state index < -0.39 is 11.5 Å². The molecule has 2 N–H and O–H groups in total. The van der Waals surface area contributed by atoms with Gasteiger partial charge < -0.3 is 15.4 Å². The van der Waals surface area contributed by atoms with Crippen LogP contribution in [-0.4, -0.2) is 55.6 Å². The maximum atomic E-state index is 13.7. The molecular weight excluding hydrogens is 414 g/mol. The van der Waals surface area contributed by atoms with Crippen molar-refractivity contribution in [2.75, 3.05) is 32.8 Å². The Labute approximate surface area is 199 Å². The summed E-state index contributed by atoms with van der Waals surface area (Å²) in [6, 6.07) is 8.24. The number of amides is 2. The summed E-state index contributed by atoms with van der Waals surface area (Å²) < 4.78 is 5.74. The Morgan fingerprint density at radius 2 is 1.76 bits per heavy atom. The van der Waals surface area contributed by atoms with Crippen LogP contribution in [0.3, 0.4) is 0 Å². The molecule has 2 heterocycles. The fourth-order valence-electron chi connectivity index (χ4n) is 4.94. The standard InChI is InChI=1S/C27H43N3O3/c1-4-22(3)24-25(31)28-15-7-19-33-18-6-5-12-27(26(32)29-24)13-16-30(17-14-27)20-23-10-8-21(2)9-11-23/h8-11,22,24H,4-7,12-20H2,1-3H3,(H,28,31)(H,29,32)/t22-,24-/m0/s1. The zero-order valence-electron chi connectivity index (χ0n) is 20.8. The third-order valence-electron chi connectivity index (χ3n) is 7.56. The number of carbonyl (C=O) groups excluding carboxylic acids is 2. The highest BCUT2D eigenvalue weighted by molar-refractivity contribution is 5.90. The third-order valence-corrected chi connectivity index (χ3v) is 7.56. The maximum absolute atomic E-state index is 13.7. The van der Waals surface area contributed by atoms with Gasteiger partial charge in [0.25, 0.3) is 0 Å². The molecule has 6 nitrogen and oxygen atoms in total. The molecule has 0 aliphatic carbocycles. The quantitative estimate of drug-likeness (QED) is 0.721. The lowest BCUT2D eigenvalue weighted by molar-refractivity contribution is -0.139. The Morgan fingerprint density at radius 3 is 2.45 bits per heavy atom. The molecule has 2 saturated heterocycles. The van der Waals surface area contributed by atoms with Crippen LogP contribution in [0, 0.1) is 18.3 Å². The molecule has 0 radical (unpaired) electrons. The van der Waals surface area contributed by atoms with Crippen LogP contribution in [0.25, 0.3) is 0 Å². The second-order valence-electron chi connectivity index (χ2n) is 10.1. The van der Waals surface area contributed by atoms with Crippen LogP contribution in [0.4, 0.5) is 0 Å². The van der Waals surface area contributed by atoms with Crippen molar-refractivity contribution >= 4 is 11.8 Å². The molecule has 2 amide bonds. The minimum absolute atomic E-state index is 0.0657. The van der Waals surface area contributed by atoms with Gasteiger partial charge in [-0.25, -0.2) is 0 Å². The highest BCUT2D eigenvalue weighted by Gasteiger charge is 2.42. The molecule has 2 aliphatic heterocycles. The minimum Gasteiger partial charge on any atom is -0.381 e. The molecule has 6 heteroatoms. The largest absolute Gasteiger partial charge is 0.381 e. The van der Waals surface area contributed by atoms with Gasteiger partial charge in [-0.05, 0) is 63.6 Å². The van der Waals surface area contributed by atoms with Crippen molar-refractivity contribution < 1.29 is 14.3 Å². The highest BCUT2D eigenvalue weighted by atomic mass is 16.5. The van der Waals surface area contributed by atoms with E-state index in [2.05, 4.69) is 53.6 Å². The molecule has 2 fully saturated rings. The fourth-order valence-corrected chi connectivity index (χ4v) is 4.94. The van der Waals surface area contributed by atoms with E-state index in [1.54, 1.807) is 0 Å². The SMILES string of the molecule is CC[C@H](C)[C@@H]1NC(=O)C2(CCCCOCCCNC1=O)CCN(Cc1ccc(C)cc1)CC2. The first-order valence-electron chi connectivity index (χ1n) is 12.9. The number of rotatable bonds is 4. The van der Waals surface area contributed by atoms with Crippen molar-refractivity contribution in [2.24, 2.45) is 11.3 Å². The molecule has 33 heavy (non-hydrogen) atoms. The number of nitrogens with zero attached hydrogens (tertiary/aromatic N) is 1. The predicted octanol–water partition coefficient (Wildman–Crippen LogP) is 3.81. The fraction of sp³-hybridized carbons (Fsp3) is 0.704. The summed E-state index contributed by atoms with van der Waals surface area (Å²) in [5.41, 5.74) is 2.19. The van der Waals surface area contributed by atoms with Gasteiger partial charge in [-0.15, -0.1) is 0 Å². The Hall–Kier alpha value is -1.92. The third kappa shape index (κ3) is 7.28. The van der Waals surface area contributed by atoms with Crippen LogP contribution in [0.1, 0.15) is 69.9 Å². The monoisotopic (exact) mass is 457 g/mol. The van der Waals surface area contributed by atoms with Gasteiger partial charge in [-0.2, -0.15) is 0 Å². The van der Waals surface area contributed by atoms with Crippen LogP contribution < -0.4 is 10.6 Å². The summed E-state index contributed by atoms with van der Waals surface area (Å²) in [6.07, 6.45) is 6.12. The van der Waals surface area contributed by atoms with E-state index in [1.807, 2.05) is 6.92 Å². The lowest BCUT2D eigenvalue weighted by Crippen LogP contribution is -2.56. The first kappa shape index (κ1) is 25.7. The molecule has 2 aliphatic rings. The molecule has 1 spiro atoms. The topological polar surface area (TPSA) is 70.7 Å². The first-order valence-corrected chi connectivity index (χ1v) is 12.9. The van der Waals surface area contributed by atoms with Crippen molar-refractivity contribution in [3.8, 4) is 0 Å². The second kappa shape index (κ2) is 12.5. The second-order valence-corrected chi connectivity index (χ2v) is 10.1. The summed E-state index contributed by atoms with van der Waals surface area (Å²) in [5, 5.41) is 6.21. The summed E-state index contributed by atoms with van der Waals surface area (Å²) >= 11 is 0. The van der Waals surface area contributed by atoms with Gasteiger partial charge in [0.05, 0.1) is 5.41 Å². The molecule has 2 atom stereocenters. The van der Waals surface area contributed by atoms with Gasteiger partial charge in [0.2, 0.25) is 11.8 Å². The molecule has 1 aromatic rings. The number of hydrogen-bond donors (Lipinski definition) is 2. The number of benzene rings is 1. The van der Waals surface area contributed by atoms with Gasteiger partial charge in [-0.3, -0.25) is 14.5 Å². The van der Waals surface area contributed by atoms with E-state index in [-0.39, 0.29) is 17.7 Å². The Balaban J connectivity index is 1.70. The van der Waals surface area contributed by atoms with Gasteiger partial charge in [0.15, 0.2) is 0 Å². The summed E-state index contributed by atoms with van der Waals surface area (Å²) in [4.78, 5) is 29.1. The number of aryl methyl sites for hydroxylation is 1. The summed E-state index contributed by atoms with van der Waals surface area (Å²) in [7, 11) is 0. The molecular formula is C27H43N3O3. The molecule has 184 valence electrons. The van der Waals surface area contributed by atoms with Crippen molar-refractivity contribution in [2.45, 2.75) is 78.3 Å². The van der Waals surface area contributed by atoms with E-state index in [1.165, 1.54) is 11.1 Å². The number of ether oxygens (including phenoxy) is 1. The number of hydrogen-bond acceptors (Lipinski definition) is 4. The van der Waals surface area contributed by atoms with Gasteiger partial charge in [0, 0.05) is 26.3 Å². The predicted molar refractivity (Wildman–Crippen MR) is 132 cm³/mol. The lowest BCUT2D eigenvalue weighted by Gasteiger charge is -2.42. The first-order chi connectivity index (χ1) is 15.9. The molecule has 0 unspecified atom stereocenters. The van der Waals surface area contributed by atoms with Gasteiger partial charge in [-0.1, -0.05) is 56.5 Å². The van der Waals surface area contributed by atoms with E-state index in [0.29, 0.717) is 13.2 Å². The van der Waals surface area contributed by atoms with Crippen LogP contribution in [0.15, 0.2) is 24.3 Å². The Kier molecular flexibility index (Phi) is 9.75. The van der Waals surface area contributed by atoms with E-state index in [4.69, 9.17) is 4.74 Å². The molecule has 1 aromatic carbocycles. The van der Waals surface area contributed by atoms with Crippen LogP contribution in [0.5, 0.6) is 0 Å². The van der Waals surface area contributed by atoms with Crippen molar-refractivity contribution in [1.82, 2.24) is 15.5 Å². The average Bonchev–Trinajstić information content (AvgIpc) is 2.82. The molecule has 0 aromatic heterocycles. The van der Waals surface area contributed by atoms with E-state index >= 15 is 0 Å². The van der Waals surface area contributed by atoms with Crippen LogP contribution >= 0.6 is 0 Å². The van der Waals surface area contributed by atoms with Crippen molar-refractivity contribution in [3.05, 3.63) is 35.4 Å². The zero-order chi connectivity index (χ0) is 23.7. The zero-order valence-corrected chi connectivity index (χ0v) is 20.8. The number of likely N-dealkylation sites (tertiary alicyclic amines) is 1. The smallest absolute Gasteiger partial charge is 0.242 e. The maximum Gasteiger partial charge on any atom is 0.242 e. The molecule has 3 rings (SSSR count). The van der Waals surface area contributed by atoms with Gasteiger partial charge in [0.1, 0.15) is 6.04 Å². The summed E-state index contributed by atoms with van der Waals surface area (Å²) in [6.45, 7) is 10.9. The molecule has 0 saturated carbocycles. The molecule has 0 bridgehead atoms. The lowest BCUT2D eigenvalue weighted by atomic mass is 9.73. The number of piperidine rings is 1. The summed E-state index contributed by atoms with van der Waals surface area (Å²) in [5.74, 6) is 0.0920. The highest BCUT2D eigenvalue weighted by Crippen LogP contribution is 2.38. The Bertz CT molecular complexity index is 756. The number of nitrogens with one attached hydrogen (secondary N) is 2. The van der Waals surface area contributed by atoms with Crippen molar-refractivity contribution in [1.29, 1.82) is 0 Å². The van der Waals surface area contributed by atoms with Gasteiger partial charge >= 0.3 is 0 Å². The van der Waals surface area contributed by atoms with Crippen LogP contribution in [-0.2, 0) is 20.9 Å². The van der Waals surface area contributed by atoms with Crippen LogP contribution in [0.2, 0.25) is 0 Å². The Morgan fingerprint density at radius 1 is 1.06 bits per heavy atom. The minimum atomic E-state index is -0.478. The normalized spacial score (nSPS) is 24.5.